The van der Waals surface area contributed by atoms with Crippen LogP contribution in [0.4, 0.5) is 13.2 Å². The van der Waals surface area contributed by atoms with Crippen LogP contribution in [-0.2, 0) is 14.3 Å². The number of Topliss-reactive ketones (excluding diaryl/α,β-unsaturated/α-hetero) is 1. The van der Waals surface area contributed by atoms with E-state index in [0.717, 1.165) is 0 Å². The Labute approximate surface area is 76.8 Å². The minimum atomic E-state index is -4.98. The smallest absolute Gasteiger partial charge is 0.426 e. The molecule has 0 aromatic carbocycles. The van der Waals surface area contributed by atoms with Gasteiger partial charge in [0.2, 0.25) is 5.78 Å². The van der Waals surface area contributed by atoms with Gasteiger partial charge in [-0.1, -0.05) is 6.08 Å². The molecule has 0 amide bonds. The van der Waals surface area contributed by atoms with Crippen molar-refractivity contribution < 1.29 is 27.5 Å². The van der Waals surface area contributed by atoms with Crippen molar-refractivity contribution in [2.24, 2.45) is 0 Å². The van der Waals surface area contributed by atoms with Crippen molar-refractivity contribution in [3.05, 3.63) is 24.0 Å². The highest BCUT2D eigenvalue weighted by Crippen LogP contribution is 2.19. The molecule has 0 aromatic rings. The lowest BCUT2D eigenvalue weighted by Crippen LogP contribution is -2.26. The van der Waals surface area contributed by atoms with Gasteiger partial charge in [0.1, 0.15) is 12.2 Å². The third kappa shape index (κ3) is 2.72. The van der Waals surface area contributed by atoms with Gasteiger partial charge in [0, 0.05) is 0 Å². The molecule has 14 heavy (non-hydrogen) atoms. The Morgan fingerprint density at radius 2 is 1.93 bits per heavy atom. The summed E-state index contributed by atoms with van der Waals surface area (Å²) in [6.07, 6.45) is -1.92. The largest absolute Gasteiger partial charge is 0.450 e. The quantitative estimate of drug-likeness (QED) is 0.519. The highest BCUT2D eigenvalue weighted by Gasteiger charge is 2.39. The minimum absolute atomic E-state index is 0.157. The third-order valence-electron chi connectivity index (χ3n) is 1.37. The van der Waals surface area contributed by atoms with Crippen molar-refractivity contribution in [3.8, 4) is 0 Å². The van der Waals surface area contributed by atoms with Gasteiger partial charge in [-0.05, 0) is 12.2 Å². The first-order valence-corrected chi connectivity index (χ1v) is 3.58. The van der Waals surface area contributed by atoms with E-state index in [9.17, 15) is 22.8 Å². The highest BCUT2D eigenvalue weighted by atomic mass is 19.4. The number of carbonyl (C=O) groups is 2. The molecule has 0 fully saturated rings. The van der Waals surface area contributed by atoms with Gasteiger partial charge in [-0.25, -0.2) is 0 Å². The molecule has 0 unspecified atom stereocenters. The molecule has 0 N–H and O–H groups in total. The van der Waals surface area contributed by atoms with Crippen molar-refractivity contribution in [3.63, 3.8) is 0 Å². The molecule has 3 nitrogen and oxygen atoms in total. The summed E-state index contributed by atoms with van der Waals surface area (Å²) in [6, 6.07) is 0. The van der Waals surface area contributed by atoms with Crippen LogP contribution in [0, 0.1) is 0 Å². The van der Waals surface area contributed by atoms with E-state index in [1.807, 2.05) is 0 Å². The molecule has 0 saturated heterocycles. The minimum Gasteiger partial charge on any atom is -0.426 e. The lowest BCUT2D eigenvalue weighted by molar-refractivity contribution is -0.174. The van der Waals surface area contributed by atoms with Crippen LogP contribution in [0.3, 0.4) is 0 Å². The third-order valence-corrected chi connectivity index (χ3v) is 1.37. The molecule has 0 aliphatic heterocycles. The van der Waals surface area contributed by atoms with Crippen molar-refractivity contribution in [1.29, 1.82) is 0 Å². The second-order valence-corrected chi connectivity index (χ2v) is 2.50. The molecule has 6 heteroatoms. The topological polar surface area (TPSA) is 43.4 Å². The van der Waals surface area contributed by atoms with E-state index in [2.05, 4.69) is 4.74 Å². The number of esters is 1. The zero-order chi connectivity index (χ0) is 10.8. The molecule has 0 heterocycles. The molecule has 76 valence electrons. The normalized spacial score (nSPS) is 14.4. The molecular weight excluding hydrogens is 201 g/mol. The predicted molar refractivity (Wildman–Crippen MR) is 39.0 cm³/mol. The van der Waals surface area contributed by atoms with Crippen LogP contribution in [0.25, 0.3) is 0 Å². The first-order chi connectivity index (χ1) is 6.39. The lowest BCUT2D eigenvalue weighted by atomic mass is 10.2. The molecule has 1 aliphatic rings. The van der Waals surface area contributed by atoms with Gasteiger partial charge in [0.25, 0.3) is 0 Å². The maximum atomic E-state index is 11.7. The Morgan fingerprint density at radius 1 is 1.36 bits per heavy atom. The summed E-state index contributed by atoms with van der Waals surface area (Å²) < 4.78 is 39.3. The molecule has 0 bridgehead atoms. The molecule has 1 rings (SSSR count). The zero-order valence-corrected chi connectivity index (χ0v) is 6.80. The highest BCUT2D eigenvalue weighted by molar-refractivity contribution is 5.98. The van der Waals surface area contributed by atoms with E-state index in [4.69, 9.17) is 0 Å². The second kappa shape index (κ2) is 3.65. The Morgan fingerprint density at radius 3 is 2.29 bits per heavy atom. The summed E-state index contributed by atoms with van der Waals surface area (Å²) in [5.41, 5.74) is 0. The Kier molecular flexibility index (Phi) is 2.73. The molecule has 0 spiro atoms. The van der Waals surface area contributed by atoms with E-state index in [0.29, 0.717) is 0 Å². The van der Waals surface area contributed by atoms with Gasteiger partial charge in [-0.3, -0.25) is 9.59 Å². The fraction of sp³-hybridized carbons (Fsp3) is 0.250. The van der Waals surface area contributed by atoms with Gasteiger partial charge < -0.3 is 4.74 Å². The summed E-state index contributed by atoms with van der Waals surface area (Å²) in [7, 11) is 0. The number of ketones is 1. The lowest BCUT2D eigenvalue weighted by Gasteiger charge is -2.08. The molecule has 0 atom stereocenters. The van der Waals surface area contributed by atoms with E-state index in [1.165, 1.54) is 12.2 Å². The van der Waals surface area contributed by atoms with Gasteiger partial charge >= 0.3 is 12.1 Å². The van der Waals surface area contributed by atoms with Crippen LogP contribution < -0.4 is 0 Å². The zero-order valence-electron chi connectivity index (χ0n) is 6.80. The number of carbonyl (C=O) groups excluding carboxylic acids is 2. The number of halogens is 3. The van der Waals surface area contributed by atoms with Crippen LogP contribution in [-0.4, -0.2) is 17.9 Å². The molecule has 0 aromatic heterocycles. The predicted octanol–water partition coefficient (Wildman–Crippen LogP) is 1.50. The summed E-state index contributed by atoms with van der Waals surface area (Å²) in [5.74, 6) is -3.15. The Balaban J connectivity index is 2.37. The number of ether oxygens (including phenoxy) is 1. The molecule has 0 saturated carbocycles. The number of rotatable bonds is 3. The second-order valence-electron chi connectivity index (χ2n) is 2.50. The van der Waals surface area contributed by atoms with Gasteiger partial charge in [0.15, 0.2) is 0 Å². The van der Waals surface area contributed by atoms with E-state index < -0.39 is 24.3 Å². The van der Waals surface area contributed by atoms with Crippen LogP contribution >= 0.6 is 0 Å². The summed E-state index contributed by atoms with van der Waals surface area (Å²) in [5, 5.41) is 0. The first-order valence-electron chi connectivity index (χ1n) is 3.58. The molecular formula is C8H5F3O3. The number of hydrogen-bond donors (Lipinski definition) is 0. The summed E-state index contributed by atoms with van der Waals surface area (Å²) in [4.78, 5) is 21.0. The van der Waals surface area contributed by atoms with Crippen molar-refractivity contribution in [1.82, 2.24) is 0 Å². The van der Waals surface area contributed by atoms with Crippen LogP contribution in [0.15, 0.2) is 24.0 Å². The van der Waals surface area contributed by atoms with Gasteiger partial charge in [0.05, 0.1) is 0 Å². The number of allylic oxidation sites excluding steroid dienone is 3. The fourth-order valence-corrected chi connectivity index (χ4v) is 0.642. The van der Waals surface area contributed by atoms with Crippen LogP contribution in [0.5, 0.6) is 0 Å². The summed E-state index contributed by atoms with van der Waals surface area (Å²) in [6.45, 7) is 0. The molecule has 0 radical (unpaired) electrons. The van der Waals surface area contributed by atoms with Gasteiger partial charge in [-0.15, -0.1) is 0 Å². The van der Waals surface area contributed by atoms with Crippen molar-refractivity contribution in [2.75, 3.05) is 0 Å². The van der Waals surface area contributed by atoms with E-state index in [1.54, 1.807) is 6.08 Å². The number of alkyl halides is 3. The van der Waals surface area contributed by atoms with Crippen LogP contribution in [0.1, 0.15) is 6.42 Å². The van der Waals surface area contributed by atoms with Gasteiger partial charge in [-0.2, -0.15) is 13.2 Å². The van der Waals surface area contributed by atoms with Crippen LogP contribution in [0.2, 0.25) is 0 Å². The average Bonchev–Trinajstić information content (AvgIpc) is 1.95. The number of hydrogen-bond acceptors (Lipinski definition) is 3. The Hall–Kier alpha value is -1.59. The van der Waals surface area contributed by atoms with E-state index in [-0.39, 0.29) is 5.76 Å². The monoisotopic (exact) mass is 206 g/mol. The van der Waals surface area contributed by atoms with E-state index >= 15 is 0 Å². The standard InChI is InChI=1S/C8H5F3O3/c9-8(10,11)6(12)4-7(13)14-5-2-1-3-5/h1-3H,4H2. The maximum Gasteiger partial charge on any atom is 0.450 e. The van der Waals surface area contributed by atoms with Crippen molar-refractivity contribution in [2.45, 2.75) is 12.6 Å². The maximum absolute atomic E-state index is 11.7. The SMILES string of the molecule is O=C(CC(=O)C(F)(F)F)OC1=CC=C1. The van der Waals surface area contributed by atoms with Crippen molar-refractivity contribution >= 4 is 11.8 Å². The summed E-state index contributed by atoms with van der Waals surface area (Å²) >= 11 is 0. The average molecular weight is 206 g/mol. The molecule has 1 aliphatic carbocycles. The Bertz CT molecular complexity index is 325. The first kappa shape index (κ1) is 10.5. The fourth-order valence-electron chi connectivity index (χ4n) is 0.642.